The van der Waals surface area contributed by atoms with Gasteiger partial charge in [0.25, 0.3) is 0 Å². The molecule has 1 atom stereocenters. The molecule has 0 saturated carbocycles. The molecule has 5 nitrogen and oxygen atoms in total. The van der Waals surface area contributed by atoms with Crippen molar-refractivity contribution in [1.29, 1.82) is 0 Å². The van der Waals surface area contributed by atoms with Gasteiger partial charge in [0.1, 0.15) is 5.58 Å². The van der Waals surface area contributed by atoms with Crippen LogP contribution in [0.1, 0.15) is 22.7 Å². The number of para-hydroxylation sites is 2. The highest BCUT2D eigenvalue weighted by atomic mass is 16.3. The fourth-order valence-electron chi connectivity index (χ4n) is 9.00. The molecule has 0 fully saturated rings. The number of hydrogen-bond acceptors (Lipinski definition) is 4. The molecule has 272 valence electrons. The van der Waals surface area contributed by atoms with Crippen molar-refractivity contribution in [3.63, 3.8) is 0 Å². The molecule has 5 heteroatoms. The first kappa shape index (κ1) is 32.6. The van der Waals surface area contributed by atoms with Crippen LogP contribution in [0.15, 0.2) is 186 Å². The van der Waals surface area contributed by atoms with Gasteiger partial charge in [0.05, 0.1) is 11.2 Å². The van der Waals surface area contributed by atoms with Gasteiger partial charge in [-0.25, -0.2) is 15.0 Å². The maximum Gasteiger partial charge on any atom is 0.164 e. The van der Waals surface area contributed by atoms with Crippen molar-refractivity contribution in [2.45, 2.75) is 12.3 Å². The molecule has 0 radical (unpaired) electrons. The zero-order valence-electron chi connectivity index (χ0n) is 31.4. The molecule has 0 spiro atoms. The Morgan fingerprint density at radius 3 is 1.88 bits per heavy atom. The molecule has 0 aliphatic heterocycles. The minimum absolute atomic E-state index is 0.274. The summed E-state index contributed by atoms with van der Waals surface area (Å²) >= 11 is 0. The normalized spacial score (nSPS) is 13.9. The average molecular weight is 743 g/mol. The van der Waals surface area contributed by atoms with E-state index < -0.39 is 0 Å². The molecule has 0 saturated heterocycles. The minimum Gasteiger partial charge on any atom is -0.454 e. The van der Waals surface area contributed by atoms with Crippen LogP contribution in [-0.4, -0.2) is 19.5 Å². The Morgan fingerprint density at radius 2 is 1.14 bits per heavy atom. The molecule has 58 heavy (non-hydrogen) atoms. The summed E-state index contributed by atoms with van der Waals surface area (Å²) in [5, 5.41) is 7.84. The Morgan fingerprint density at radius 1 is 0.517 bits per heavy atom. The van der Waals surface area contributed by atoms with Crippen LogP contribution in [0.25, 0.3) is 100 Å². The van der Waals surface area contributed by atoms with Gasteiger partial charge >= 0.3 is 0 Å². The van der Waals surface area contributed by atoms with Gasteiger partial charge in [-0.05, 0) is 63.9 Å². The monoisotopic (exact) mass is 742 g/mol. The van der Waals surface area contributed by atoms with Crippen molar-refractivity contribution in [3.8, 4) is 39.9 Å². The number of furan rings is 1. The van der Waals surface area contributed by atoms with E-state index >= 15 is 0 Å². The number of allylic oxidation sites excluding steroid dienone is 1. The van der Waals surface area contributed by atoms with Gasteiger partial charge in [-0.3, -0.25) is 0 Å². The number of fused-ring (bicyclic) bond motifs is 8. The Kier molecular flexibility index (Phi) is 7.29. The van der Waals surface area contributed by atoms with Gasteiger partial charge in [0.15, 0.2) is 23.1 Å². The summed E-state index contributed by atoms with van der Waals surface area (Å²) in [5.74, 6) is 2.11. The van der Waals surface area contributed by atoms with Crippen LogP contribution >= 0.6 is 0 Å². The smallest absolute Gasteiger partial charge is 0.164 e. The Hall–Kier alpha value is -7.63. The first-order valence-corrected chi connectivity index (χ1v) is 19.8. The van der Waals surface area contributed by atoms with Gasteiger partial charge in [0.2, 0.25) is 0 Å². The van der Waals surface area contributed by atoms with Gasteiger partial charge in [-0.2, -0.15) is 0 Å². The van der Waals surface area contributed by atoms with Gasteiger partial charge in [-0.15, -0.1) is 0 Å². The molecule has 12 rings (SSSR count). The molecule has 3 aromatic heterocycles. The lowest BCUT2D eigenvalue weighted by Gasteiger charge is -2.20. The lowest BCUT2D eigenvalue weighted by molar-refractivity contribution is 0.664. The average Bonchev–Trinajstić information content (AvgIpc) is 3.84. The topological polar surface area (TPSA) is 56.7 Å². The van der Waals surface area contributed by atoms with E-state index in [1.165, 1.54) is 33.0 Å². The summed E-state index contributed by atoms with van der Waals surface area (Å²) in [6.45, 7) is 0. The predicted octanol–water partition coefficient (Wildman–Crippen LogP) is 13.4. The summed E-state index contributed by atoms with van der Waals surface area (Å²) in [6, 6.07) is 61.8. The number of hydrogen-bond donors (Lipinski definition) is 0. The van der Waals surface area contributed by atoms with E-state index in [9.17, 15) is 0 Å². The van der Waals surface area contributed by atoms with Crippen LogP contribution in [0.4, 0.5) is 0 Å². The molecule has 0 amide bonds. The van der Waals surface area contributed by atoms with Crippen molar-refractivity contribution in [3.05, 3.63) is 199 Å². The molecule has 0 N–H and O–H groups in total. The Bertz CT molecular complexity index is 3350. The molecule has 8 aromatic carbocycles. The van der Waals surface area contributed by atoms with Gasteiger partial charge < -0.3 is 8.98 Å². The highest BCUT2D eigenvalue weighted by Gasteiger charge is 2.26. The Balaban J connectivity index is 1.07. The maximum atomic E-state index is 6.94. The zero-order chi connectivity index (χ0) is 38.2. The predicted molar refractivity (Wildman–Crippen MR) is 237 cm³/mol. The highest BCUT2D eigenvalue weighted by Crippen LogP contribution is 2.43. The van der Waals surface area contributed by atoms with Crippen molar-refractivity contribution in [1.82, 2.24) is 19.5 Å². The van der Waals surface area contributed by atoms with Gasteiger partial charge in [0, 0.05) is 50.0 Å². The summed E-state index contributed by atoms with van der Waals surface area (Å²) < 4.78 is 9.36. The third-order valence-electron chi connectivity index (χ3n) is 11.8. The second-order valence-corrected chi connectivity index (χ2v) is 15.2. The molecule has 1 unspecified atom stereocenters. The van der Waals surface area contributed by atoms with E-state index in [-0.39, 0.29) is 5.92 Å². The number of rotatable bonds is 5. The zero-order valence-corrected chi connectivity index (χ0v) is 31.4. The molecule has 1 aliphatic carbocycles. The maximum absolute atomic E-state index is 6.94. The second kappa shape index (κ2) is 13.0. The van der Waals surface area contributed by atoms with E-state index in [0.29, 0.717) is 17.5 Å². The van der Waals surface area contributed by atoms with Crippen LogP contribution in [0, 0.1) is 0 Å². The molecule has 11 aromatic rings. The summed E-state index contributed by atoms with van der Waals surface area (Å²) in [6.07, 6.45) is 5.55. The Labute approximate surface area is 334 Å². The number of benzene rings is 8. The quantitative estimate of drug-likeness (QED) is 0.176. The second-order valence-electron chi connectivity index (χ2n) is 15.2. The molecular formula is C53H34N4O. The van der Waals surface area contributed by atoms with Crippen molar-refractivity contribution in [2.75, 3.05) is 0 Å². The van der Waals surface area contributed by atoms with Gasteiger partial charge in [-0.1, -0.05) is 158 Å². The third kappa shape index (κ3) is 5.21. The number of aromatic nitrogens is 4. The van der Waals surface area contributed by atoms with Crippen LogP contribution < -0.4 is 0 Å². The van der Waals surface area contributed by atoms with Crippen molar-refractivity contribution in [2.24, 2.45) is 0 Å². The molecule has 1 aliphatic rings. The standard InChI is InChI=1S/C53H34N4O/c1-2-12-33(13-3-1)38-28-29-42-41-18-8-9-21-45(41)57(47(42)32-38)46-22-10-19-43-49-44(20-11-23-48(49)58-50(43)46)53-55-51(39-26-24-34-14-4-6-16-36(34)30-39)54-52(56-53)40-27-25-35-15-5-7-17-37(35)31-40/h1-31,38H,32H2. The molecule has 3 heterocycles. The summed E-state index contributed by atoms with van der Waals surface area (Å²) in [4.78, 5) is 15.6. The molecular weight excluding hydrogens is 709 g/mol. The third-order valence-corrected chi connectivity index (χ3v) is 11.8. The summed E-state index contributed by atoms with van der Waals surface area (Å²) in [7, 11) is 0. The van der Waals surface area contributed by atoms with Crippen LogP contribution in [0.3, 0.4) is 0 Å². The first-order chi connectivity index (χ1) is 28.7. The van der Waals surface area contributed by atoms with Crippen molar-refractivity contribution < 1.29 is 4.42 Å². The van der Waals surface area contributed by atoms with E-state index in [0.717, 1.165) is 67.0 Å². The van der Waals surface area contributed by atoms with Crippen LogP contribution in [-0.2, 0) is 6.42 Å². The van der Waals surface area contributed by atoms with E-state index in [1.807, 2.05) is 6.07 Å². The highest BCUT2D eigenvalue weighted by molar-refractivity contribution is 6.14. The first-order valence-electron chi connectivity index (χ1n) is 19.8. The minimum atomic E-state index is 0.274. The SMILES string of the molecule is C1=CC(c2ccccc2)Cc2c1c1ccccc1n2-c1cccc2c1oc1cccc(-c3nc(-c4ccc5ccccc5c4)nc(-c4ccc5ccccc5c4)n3)c12. The van der Waals surface area contributed by atoms with Crippen molar-refractivity contribution >= 4 is 60.5 Å². The fraction of sp³-hybridized carbons (Fsp3) is 0.0377. The summed E-state index contributed by atoms with van der Waals surface area (Å²) in [5.41, 5.74) is 10.4. The van der Waals surface area contributed by atoms with Crippen LogP contribution in [0.2, 0.25) is 0 Å². The largest absolute Gasteiger partial charge is 0.454 e. The molecule has 0 bridgehead atoms. The lowest BCUT2D eigenvalue weighted by Crippen LogP contribution is -2.10. The van der Waals surface area contributed by atoms with E-state index in [1.54, 1.807) is 0 Å². The number of nitrogens with zero attached hydrogens (tertiary/aromatic N) is 4. The lowest BCUT2D eigenvalue weighted by atomic mass is 9.88. The van der Waals surface area contributed by atoms with E-state index in [2.05, 4.69) is 187 Å². The van der Waals surface area contributed by atoms with E-state index in [4.69, 9.17) is 19.4 Å². The fourth-order valence-corrected chi connectivity index (χ4v) is 9.00. The van der Waals surface area contributed by atoms with Crippen LogP contribution in [0.5, 0.6) is 0 Å².